The van der Waals surface area contributed by atoms with Gasteiger partial charge in [-0.2, -0.15) is 13.2 Å². The third-order valence-electron chi connectivity index (χ3n) is 5.89. The van der Waals surface area contributed by atoms with Crippen LogP contribution in [0.4, 0.5) is 24.5 Å². The van der Waals surface area contributed by atoms with Gasteiger partial charge in [-0.25, -0.2) is 9.78 Å². The fraction of sp³-hybridized carbons (Fsp3) is 0.280. The molecule has 6 nitrogen and oxygen atoms in total. The topological polar surface area (TPSA) is 91.5 Å². The number of halogens is 5. The van der Waals surface area contributed by atoms with E-state index in [-0.39, 0.29) is 12.1 Å². The molecule has 13 heteroatoms. The Kier molecular flexibility index (Phi) is 9.19. The number of carboxylic acids is 1. The lowest BCUT2D eigenvalue weighted by Crippen LogP contribution is -2.45. The Balaban J connectivity index is 0.000000426. The molecule has 0 unspecified atom stereocenters. The van der Waals surface area contributed by atoms with Crippen molar-refractivity contribution in [2.24, 2.45) is 5.73 Å². The van der Waals surface area contributed by atoms with Crippen molar-refractivity contribution in [2.45, 2.75) is 37.6 Å². The van der Waals surface area contributed by atoms with Crippen LogP contribution < -0.4 is 16.0 Å². The Bertz CT molecular complexity index is 1390. The Morgan fingerprint density at radius 2 is 1.97 bits per heavy atom. The van der Waals surface area contributed by atoms with E-state index in [4.69, 9.17) is 27.2 Å². The molecule has 5 rings (SSSR count). The third kappa shape index (κ3) is 6.60. The number of benzene rings is 1. The third-order valence-corrected chi connectivity index (χ3v) is 9.31. The Morgan fingerprint density at radius 3 is 2.61 bits per heavy atom. The minimum absolute atomic E-state index is 0.0521. The number of alkyl halides is 3. The summed E-state index contributed by atoms with van der Waals surface area (Å²) in [6.07, 6.45) is -2.99. The van der Waals surface area contributed by atoms with E-state index in [1.54, 1.807) is 22.7 Å². The highest BCUT2D eigenvalue weighted by Crippen LogP contribution is 2.47. The van der Waals surface area contributed by atoms with Crippen LogP contribution in [0.3, 0.4) is 0 Å². The van der Waals surface area contributed by atoms with Gasteiger partial charge >= 0.3 is 12.1 Å². The molecular formula is C25H23BrClF3N4O2S2. The van der Waals surface area contributed by atoms with Gasteiger partial charge in [0, 0.05) is 40.6 Å². The smallest absolute Gasteiger partial charge is 0.475 e. The normalized spacial score (nSPS) is 17.7. The highest BCUT2D eigenvalue weighted by molar-refractivity contribution is 9.10. The summed E-state index contributed by atoms with van der Waals surface area (Å²) in [6.45, 7) is 1.75. The summed E-state index contributed by atoms with van der Waals surface area (Å²) in [5, 5.41) is 13.3. The SMILES string of the molecule is N[C@H]1CCCN(c2ccccc2)[C@H]1c1sc2c(NCc3cccs3)cc(Cl)nc2c1Br.O=C(O)C(F)(F)F. The van der Waals surface area contributed by atoms with E-state index in [9.17, 15) is 13.2 Å². The van der Waals surface area contributed by atoms with E-state index in [1.807, 2.05) is 6.07 Å². The first-order valence-corrected chi connectivity index (χ1v) is 14.3. The average molecular weight is 648 g/mol. The van der Waals surface area contributed by atoms with Gasteiger partial charge in [0.25, 0.3) is 0 Å². The van der Waals surface area contributed by atoms with E-state index < -0.39 is 12.1 Å². The van der Waals surface area contributed by atoms with E-state index in [0.29, 0.717) is 5.15 Å². The summed E-state index contributed by atoms with van der Waals surface area (Å²) in [5.41, 5.74) is 9.81. The highest BCUT2D eigenvalue weighted by Gasteiger charge is 2.38. The molecule has 0 bridgehead atoms. The number of piperidine rings is 1. The van der Waals surface area contributed by atoms with Crippen LogP contribution in [0.25, 0.3) is 10.2 Å². The molecule has 38 heavy (non-hydrogen) atoms. The second-order valence-electron chi connectivity index (χ2n) is 8.47. The first-order chi connectivity index (χ1) is 18.1. The maximum absolute atomic E-state index is 10.6. The predicted octanol–water partition coefficient (Wildman–Crippen LogP) is 7.69. The van der Waals surface area contributed by atoms with E-state index in [2.05, 4.69) is 79.0 Å². The molecule has 1 fully saturated rings. The summed E-state index contributed by atoms with van der Waals surface area (Å²) in [4.78, 5) is 18.5. The molecule has 1 aliphatic heterocycles. The molecule has 1 aromatic carbocycles. The number of aromatic nitrogens is 1. The number of nitrogens with two attached hydrogens (primary N) is 1. The second-order valence-corrected chi connectivity index (χ2v) is 11.7. The molecular weight excluding hydrogens is 625 g/mol. The van der Waals surface area contributed by atoms with Crippen LogP contribution in [0.15, 0.2) is 58.4 Å². The molecule has 4 aromatic rings. The molecule has 2 atom stereocenters. The van der Waals surface area contributed by atoms with E-state index in [1.165, 1.54) is 15.4 Å². The molecule has 4 N–H and O–H groups in total. The quantitative estimate of drug-likeness (QED) is 0.193. The number of carboxylic acid groups (broad SMARTS) is 1. The Hall–Kier alpha value is -2.38. The molecule has 0 aliphatic carbocycles. The van der Waals surface area contributed by atoms with Crippen molar-refractivity contribution in [1.82, 2.24) is 4.98 Å². The van der Waals surface area contributed by atoms with Gasteiger partial charge in [0.15, 0.2) is 0 Å². The number of nitrogens with zero attached hydrogens (tertiary/aromatic N) is 2. The van der Waals surface area contributed by atoms with Crippen LogP contribution in [0.5, 0.6) is 0 Å². The van der Waals surface area contributed by atoms with Crippen LogP contribution >= 0.6 is 50.2 Å². The zero-order chi connectivity index (χ0) is 27.4. The molecule has 1 aliphatic rings. The molecule has 3 aromatic heterocycles. The number of thiophene rings is 2. The fourth-order valence-corrected chi connectivity index (χ4v) is 7.26. The van der Waals surface area contributed by atoms with Crippen molar-refractivity contribution in [3.8, 4) is 0 Å². The molecule has 0 spiro atoms. The number of aliphatic carboxylic acids is 1. The summed E-state index contributed by atoms with van der Waals surface area (Å²) in [5.74, 6) is -2.76. The van der Waals surface area contributed by atoms with Crippen molar-refractivity contribution >= 4 is 77.8 Å². The summed E-state index contributed by atoms with van der Waals surface area (Å²) in [7, 11) is 0. The lowest BCUT2D eigenvalue weighted by atomic mass is 9.95. The zero-order valence-electron chi connectivity index (χ0n) is 19.7. The lowest BCUT2D eigenvalue weighted by Gasteiger charge is -2.41. The van der Waals surface area contributed by atoms with Crippen molar-refractivity contribution in [2.75, 3.05) is 16.8 Å². The fourth-order valence-electron chi connectivity index (χ4n) is 4.21. The molecule has 0 amide bonds. The Morgan fingerprint density at radius 1 is 1.26 bits per heavy atom. The van der Waals surface area contributed by atoms with Gasteiger partial charge in [-0.15, -0.1) is 22.7 Å². The van der Waals surface area contributed by atoms with E-state index in [0.717, 1.165) is 46.3 Å². The standard InChI is InChI=1S/C23H22BrClN4S2.C2HF3O2/c24-19-20-22(17(12-18(25)28-20)27-13-15-8-5-11-30-15)31-23(19)21-16(26)9-4-10-29(21)14-6-2-1-3-7-14;3-2(4,5)1(6)7/h1-3,5-8,11-12,16,21H,4,9-10,13,26H2,(H,27,28);(H,6,7)/t16-,21+;/m0./s1. The number of carbonyl (C=O) groups is 1. The molecule has 1 saturated heterocycles. The monoisotopic (exact) mass is 646 g/mol. The number of nitrogens with one attached hydrogen (secondary N) is 1. The Labute approximate surface area is 238 Å². The largest absolute Gasteiger partial charge is 0.490 e. The first-order valence-electron chi connectivity index (χ1n) is 11.5. The van der Waals surface area contributed by atoms with Crippen LogP contribution in [-0.4, -0.2) is 34.8 Å². The first kappa shape index (κ1) is 28.6. The van der Waals surface area contributed by atoms with Crippen molar-refractivity contribution in [3.05, 3.63) is 73.3 Å². The average Bonchev–Trinajstić information content (AvgIpc) is 3.51. The van der Waals surface area contributed by atoms with Crippen LogP contribution in [0.2, 0.25) is 5.15 Å². The lowest BCUT2D eigenvalue weighted by molar-refractivity contribution is -0.192. The van der Waals surface area contributed by atoms with Gasteiger partial charge < -0.3 is 21.1 Å². The number of hydrogen-bond acceptors (Lipinski definition) is 7. The summed E-state index contributed by atoms with van der Waals surface area (Å²) < 4.78 is 33.8. The highest BCUT2D eigenvalue weighted by atomic mass is 79.9. The molecule has 4 heterocycles. The minimum Gasteiger partial charge on any atom is -0.475 e. The molecule has 0 radical (unpaired) electrons. The number of fused-ring (bicyclic) bond motifs is 1. The van der Waals surface area contributed by atoms with Crippen molar-refractivity contribution < 1.29 is 23.1 Å². The van der Waals surface area contributed by atoms with Gasteiger partial charge in [-0.3, -0.25) is 0 Å². The maximum Gasteiger partial charge on any atom is 0.490 e. The number of para-hydroxylation sites is 1. The molecule has 202 valence electrons. The van der Waals surface area contributed by atoms with Crippen LogP contribution in [0.1, 0.15) is 28.6 Å². The maximum atomic E-state index is 10.6. The molecule has 0 saturated carbocycles. The van der Waals surface area contributed by atoms with Gasteiger partial charge in [-0.05, 0) is 52.4 Å². The second kappa shape index (κ2) is 12.2. The van der Waals surface area contributed by atoms with E-state index >= 15 is 0 Å². The van der Waals surface area contributed by atoms with Gasteiger partial charge in [-0.1, -0.05) is 35.9 Å². The number of pyridine rings is 1. The van der Waals surface area contributed by atoms with Crippen LogP contribution in [-0.2, 0) is 11.3 Å². The van der Waals surface area contributed by atoms with Crippen LogP contribution in [0, 0.1) is 0 Å². The van der Waals surface area contributed by atoms with Gasteiger partial charge in [0.2, 0.25) is 0 Å². The van der Waals surface area contributed by atoms with Gasteiger partial charge in [0.1, 0.15) is 5.15 Å². The van der Waals surface area contributed by atoms with Crippen molar-refractivity contribution in [3.63, 3.8) is 0 Å². The predicted molar refractivity (Wildman–Crippen MR) is 151 cm³/mol. The number of hydrogen-bond donors (Lipinski definition) is 3. The number of rotatable bonds is 5. The summed E-state index contributed by atoms with van der Waals surface area (Å²) >= 11 is 13.8. The minimum atomic E-state index is -5.08. The van der Waals surface area contributed by atoms with Gasteiger partial charge in [0.05, 0.1) is 26.4 Å². The number of anilines is 2. The zero-order valence-corrected chi connectivity index (χ0v) is 23.7. The van der Waals surface area contributed by atoms with Crippen molar-refractivity contribution in [1.29, 1.82) is 0 Å². The summed E-state index contributed by atoms with van der Waals surface area (Å²) in [6, 6.07) is 16.8.